The molecule has 0 amide bonds. The second-order valence-electron chi connectivity index (χ2n) is 6.87. The summed E-state index contributed by atoms with van der Waals surface area (Å²) in [5.41, 5.74) is 0.226. The van der Waals surface area contributed by atoms with Crippen molar-refractivity contribution in [2.45, 2.75) is 25.0 Å². The molecule has 0 bridgehead atoms. The molecule has 0 aliphatic carbocycles. The van der Waals surface area contributed by atoms with Gasteiger partial charge in [-0.25, -0.2) is 0 Å². The van der Waals surface area contributed by atoms with Crippen molar-refractivity contribution in [3.8, 4) is 0 Å². The van der Waals surface area contributed by atoms with E-state index in [-0.39, 0.29) is 0 Å². The molecule has 0 saturated carbocycles. The van der Waals surface area contributed by atoms with Crippen LogP contribution in [0.3, 0.4) is 0 Å². The molecule has 2 aromatic carbocycles. The molecular weight excluding hydrogens is 469 g/mol. The lowest BCUT2D eigenvalue weighted by Gasteiger charge is -2.35. The average Bonchev–Trinajstić information content (AvgIpc) is 2.95. The van der Waals surface area contributed by atoms with Crippen molar-refractivity contribution in [3.05, 3.63) is 98.2 Å². The highest BCUT2D eigenvalue weighted by Gasteiger charge is 2.45. The molecule has 8 heteroatoms. The molecule has 1 N–H and O–H groups in total. The van der Waals surface area contributed by atoms with Crippen LogP contribution in [0, 0.1) is 0 Å². The molecule has 150 valence electrons. The Labute approximate surface area is 178 Å². The van der Waals surface area contributed by atoms with Gasteiger partial charge >= 0.3 is 6.18 Å². The van der Waals surface area contributed by atoms with E-state index in [0.717, 1.165) is 22.2 Å². The van der Waals surface area contributed by atoms with Crippen LogP contribution in [-0.2, 0) is 25.0 Å². The van der Waals surface area contributed by atoms with Gasteiger partial charge in [-0.2, -0.15) is 13.2 Å². The summed E-state index contributed by atoms with van der Waals surface area (Å²) in [5.74, 6) is 0. The Kier molecular flexibility index (Phi) is 5.19. The van der Waals surface area contributed by atoms with Crippen LogP contribution in [0.15, 0.2) is 65.3 Å². The van der Waals surface area contributed by atoms with Crippen molar-refractivity contribution >= 4 is 27.5 Å². The van der Waals surface area contributed by atoms with Crippen molar-refractivity contribution < 1.29 is 18.3 Å². The Morgan fingerprint density at radius 1 is 1.10 bits per heavy atom. The van der Waals surface area contributed by atoms with Crippen LogP contribution >= 0.6 is 27.5 Å². The lowest BCUT2D eigenvalue weighted by atomic mass is 9.93. The summed E-state index contributed by atoms with van der Waals surface area (Å²) in [6.45, 7) is 0.706. The van der Waals surface area contributed by atoms with Gasteiger partial charge in [0.2, 0.25) is 0 Å². The molecule has 1 aromatic heterocycles. The first kappa shape index (κ1) is 20.3. The first-order valence-corrected chi connectivity index (χ1v) is 9.89. The van der Waals surface area contributed by atoms with Gasteiger partial charge in [0.15, 0.2) is 5.72 Å². The van der Waals surface area contributed by atoms with Gasteiger partial charge in [0.25, 0.3) is 0 Å². The minimum absolute atomic E-state index is 0.293. The van der Waals surface area contributed by atoms with Crippen molar-refractivity contribution in [2.24, 2.45) is 0 Å². The molecule has 0 saturated heterocycles. The van der Waals surface area contributed by atoms with Gasteiger partial charge in [-0.1, -0.05) is 45.7 Å². The second kappa shape index (κ2) is 7.40. The molecular formula is C21H15BrClF3N2O. The average molecular weight is 484 g/mol. The van der Waals surface area contributed by atoms with Crippen LogP contribution < -0.4 is 0 Å². The summed E-state index contributed by atoms with van der Waals surface area (Å²) in [6.07, 6.45) is -2.92. The number of nitrogens with zero attached hydrogens (tertiary/aromatic N) is 2. The lowest BCUT2D eigenvalue weighted by molar-refractivity contribution is -0.137. The van der Waals surface area contributed by atoms with Gasteiger partial charge < -0.3 is 5.11 Å². The molecule has 1 atom stereocenters. The SMILES string of the molecule is OC1(c2ccc(C(F)(F)F)cc2)c2ccc(Br)cc2CN1Cc1ccc(Cl)cn1. The van der Waals surface area contributed by atoms with E-state index in [4.69, 9.17) is 11.6 Å². The molecule has 0 fully saturated rings. The number of aromatic nitrogens is 1. The van der Waals surface area contributed by atoms with E-state index in [1.807, 2.05) is 6.07 Å². The van der Waals surface area contributed by atoms with Crippen LogP contribution in [0.25, 0.3) is 0 Å². The van der Waals surface area contributed by atoms with E-state index < -0.39 is 17.5 Å². The van der Waals surface area contributed by atoms with Crippen LogP contribution in [0.5, 0.6) is 0 Å². The molecule has 1 aliphatic rings. The third-order valence-corrected chi connectivity index (χ3v) is 5.73. The Balaban J connectivity index is 1.77. The molecule has 1 unspecified atom stereocenters. The van der Waals surface area contributed by atoms with Crippen molar-refractivity contribution in [2.75, 3.05) is 0 Å². The van der Waals surface area contributed by atoms with Gasteiger partial charge in [0.05, 0.1) is 16.3 Å². The van der Waals surface area contributed by atoms with Crippen LogP contribution in [-0.4, -0.2) is 15.0 Å². The topological polar surface area (TPSA) is 36.4 Å². The van der Waals surface area contributed by atoms with E-state index in [1.165, 1.54) is 18.3 Å². The van der Waals surface area contributed by atoms with Crippen molar-refractivity contribution in [3.63, 3.8) is 0 Å². The quantitative estimate of drug-likeness (QED) is 0.517. The highest BCUT2D eigenvalue weighted by atomic mass is 79.9. The summed E-state index contributed by atoms with van der Waals surface area (Å²) < 4.78 is 39.8. The first-order valence-electron chi connectivity index (χ1n) is 8.72. The van der Waals surface area contributed by atoms with Crippen LogP contribution in [0.1, 0.15) is 27.9 Å². The van der Waals surface area contributed by atoms with Gasteiger partial charge in [0, 0.05) is 34.9 Å². The Hall–Kier alpha value is -1.93. The zero-order valence-electron chi connectivity index (χ0n) is 14.9. The first-order chi connectivity index (χ1) is 13.7. The van der Waals surface area contributed by atoms with E-state index in [2.05, 4.69) is 20.9 Å². The van der Waals surface area contributed by atoms with Crippen LogP contribution in [0.4, 0.5) is 13.2 Å². The number of fused-ring (bicyclic) bond motifs is 1. The van der Waals surface area contributed by atoms with E-state index >= 15 is 0 Å². The largest absolute Gasteiger partial charge is 0.416 e. The summed E-state index contributed by atoms with van der Waals surface area (Å²) >= 11 is 9.33. The maximum absolute atomic E-state index is 13.0. The van der Waals surface area contributed by atoms with E-state index in [9.17, 15) is 18.3 Å². The van der Waals surface area contributed by atoms with Gasteiger partial charge in [-0.15, -0.1) is 0 Å². The number of hydrogen-bond donors (Lipinski definition) is 1. The Morgan fingerprint density at radius 3 is 2.45 bits per heavy atom. The molecule has 29 heavy (non-hydrogen) atoms. The fourth-order valence-electron chi connectivity index (χ4n) is 3.62. The second-order valence-corrected chi connectivity index (χ2v) is 8.22. The predicted molar refractivity (Wildman–Crippen MR) is 107 cm³/mol. The molecule has 3 nitrogen and oxygen atoms in total. The Morgan fingerprint density at radius 2 is 1.83 bits per heavy atom. The monoisotopic (exact) mass is 482 g/mol. The van der Waals surface area contributed by atoms with Gasteiger partial charge in [-0.05, 0) is 42.0 Å². The zero-order valence-corrected chi connectivity index (χ0v) is 17.3. The highest BCUT2D eigenvalue weighted by molar-refractivity contribution is 9.10. The standard InChI is InChI=1S/C21H15BrClF3N2O/c22-16-5-8-19-13(9-16)11-28(12-18-7-6-17(23)10-27-18)20(19,29)14-1-3-15(4-2-14)21(24,25)26/h1-10,29H,11-12H2. The maximum atomic E-state index is 13.0. The van der Waals surface area contributed by atoms with Gasteiger partial charge in [0.1, 0.15) is 0 Å². The summed E-state index contributed by atoms with van der Waals surface area (Å²) in [5, 5.41) is 12.3. The zero-order chi connectivity index (χ0) is 20.8. The maximum Gasteiger partial charge on any atom is 0.416 e. The lowest BCUT2D eigenvalue weighted by Crippen LogP contribution is -2.41. The van der Waals surface area contributed by atoms with Crippen molar-refractivity contribution in [1.82, 2.24) is 9.88 Å². The highest BCUT2D eigenvalue weighted by Crippen LogP contribution is 2.44. The Bertz CT molecular complexity index is 1040. The fourth-order valence-corrected chi connectivity index (χ4v) is 4.14. The number of hydrogen-bond acceptors (Lipinski definition) is 3. The predicted octanol–water partition coefficient (Wildman–Crippen LogP) is 5.73. The molecule has 2 heterocycles. The number of pyridine rings is 1. The molecule has 4 rings (SSSR count). The van der Waals surface area contributed by atoms with Crippen LogP contribution in [0.2, 0.25) is 5.02 Å². The summed E-state index contributed by atoms with van der Waals surface area (Å²) in [7, 11) is 0. The normalized spacial score (nSPS) is 19.4. The van der Waals surface area contributed by atoms with Crippen molar-refractivity contribution in [1.29, 1.82) is 0 Å². The number of halogens is 5. The number of benzene rings is 2. The molecule has 0 spiro atoms. The third kappa shape index (κ3) is 3.80. The molecule has 1 aliphatic heterocycles. The third-order valence-electron chi connectivity index (χ3n) is 5.02. The summed E-state index contributed by atoms with van der Waals surface area (Å²) in [6, 6.07) is 13.6. The molecule has 3 aromatic rings. The smallest absolute Gasteiger partial charge is 0.367 e. The number of aliphatic hydroxyl groups is 1. The number of alkyl halides is 3. The summed E-state index contributed by atoms with van der Waals surface area (Å²) in [4.78, 5) is 6.07. The number of rotatable bonds is 3. The van der Waals surface area contributed by atoms with E-state index in [1.54, 1.807) is 29.2 Å². The molecule has 0 radical (unpaired) electrons. The fraction of sp³-hybridized carbons (Fsp3) is 0.190. The minimum Gasteiger partial charge on any atom is -0.367 e. The van der Waals surface area contributed by atoms with E-state index in [0.29, 0.717) is 34.9 Å². The minimum atomic E-state index is -4.44. The van der Waals surface area contributed by atoms with Gasteiger partial charge in [-0.3, -0.25) is 9.88 Å².